The van der Waals surface area contributed by atoms with Gasteiger partial charge in [-0.15, -0.1) is 0 Å². The molecule has 0 saturated heterocycles. The third kappa shape index (κ3) is 3.97. The van der Waals surface area contributed by atoms with E-state index < -0.39 is 11.8 Å². The molecule has 8 heteroatoms. The molecule has 0 unspecified atom stereocenters. The Bertz CT molecular complexity index is 1600. The van der Waals surface area contributed by atoms with E-state index in [1.807, 2.05) is 36.4 Å². The number of carboxylic acids is 1. The van der Waals surface area contributed by atoms with Gasteiger partial charge in [0.1, 0.15) is 5.82 Å². The fourth-order valence-corrected chi connectivity index (χ4v) is 4.34. The molecule has 6 nitrogen and oxygen atoms in total. The fourth-order valence-electron chi connectivity index (χ4n) is 3.98. The number of Topliss-reactive ketones (excluding diaryl/α,β-unsaturated/α-hetero) is 1. The van der Waals surface area contributed by atoms with Gasteiger partial charge in [-0.05, 0) is 36.4 Å². The van der Waals surface area contributed by atoms with E-state index in [4.69, 9.17) is 15.1 Å². The molecule has 0 saturated carbocycles. The fraction of sp³-hybridized carbons (Fsp3) is 0.0769. The standard InChI is InChI=1S/C26H17BrFN3O3/c27-15-9-10-21-18(13-15)25(17-6-1-3-7-20(17)28)30-26(29-21)31-14-19(23(32)11-12-24(33)34)16-5-2-4-8-22(16)31/h1-10,13-14H,11-12H2,(H,33,34). The number of carbonyl (C=O) groups is 2. The van der Waals surface area contributed by atoms with Crippen molar-refractivity contribution in [3.8, 4) is 17.2 Å². The van der Waals surface area contributed by atoms with Gasteiger partial charge in [0.15, 0.2) is 5.78 Å². The number of fused-ring (bicyclic) bond motifs is 2. The Kier molecular flexibility index (Phi) is 5.67. The highest BCUT2D eigenvalue weighted by atomic mass is 79.9. The smallest absolute Gasteiger partial charge is 0.303 e. The molecular formula is C26H17BrFN3O3. The van der Waals surface area contributed by atoms with Gasteiger partial charge in [0.05, 0.1) is 23.1 Å². The van der Waals surface area contributed by atoms with Crippen molar-refractivity contribution in [2.24, 2.45) is 0 Å². The van der Waals surface area contributed by atoms with Gasteiger partial charge < -0.3 is 5.11 Å². The van der Waals surface area contributed by atoms with E-state index >= 15 is 0 Å². The molecule has 0 aliphatic rings. The van der Waals surface area contributed by atoms with Crippen LogP contribution in [0.2, 0.25) is 0 Å². The number of hydrogen-bond acceptors (Lipinski definition) is 4. The lowest BCUT2D eigenvalue weighted by molar-refractivity contribution is -0.136. The molecule has 0 bridgehead atoms. The summed E-state index contributed by atoms with van der Waals surface area (Å²) >= 11 is 3.46. The van der Waals surface area contributed by atoms with Gasteiger partial charge in [-0.25, -0.2) is 14.4 Å². The van der Waals surface area contributed by atoms with Crippen LogP contribution in [-0.2, 0) is 4.79 Å². The number of aliphatic carboxylic acids is 1. The number of rotatable bonds is 6. The summed E-state index contributed by atoms with van der Waals surface area (Å²) in [4.78, 5) is 33.2. The second-order valence-corrected chi connectivity index (χ2v) is 8.68. The average Bonchev–Trinajstić information content (AvgIpc) is 3.22. The molecule has 168 valence electrons. The number of para-hydroxylation sites is 1. The Balaban J connectivity index is 1.75. The van der Waals surface area contributed by atoms with Crippen molar-refractivity contribution >= 4 is 49.5 Å². The number of halogens is 2. The highest BCUT2D eigenvalue weighted by molar-refractivity contribution is 9.10. The number of hydrogen-bond donors (Lipinski definition) is 1. The van der Waals surface area contributed by atoms with Crippen molar-refractivity contribution in [3.05, 3.63) is 88.8 Å². The van der Waals surface area contributed by atoms with Gasteiger partial charge in [-0.2, -0.15) is 0 Å². The molecule has 3 aromatic carbocycles. The van der Waals surface area contributed by atoms with E-state index in [2.05, 4.69) is 15.9 Å². The molecule has 1 N–H and O–H groups in total. The van der Waals surface area contributed by atoms with E-state index in [1.54, 1.807) is 35.0 Å². The minimum Gasteiger partial charge on any atom is -0.481 e. The second kappa shape index (κ2) is 8.79. The van der Waals surface area contributed by atoms with E-state index in [-0.39, 0.29) is 24.6 Å². The van der Waals surface area contributed by atoms with E-state index in [0.29, 0.717) is 38.6 Å². The first-order chi connectivity index (χ1) is 16.4. The molecule has 34 heavy (non-hydrogen) atoms. The summed E-state index contributed by atoms with van der Waals surface area (Å²) in [7, 11) is 0. The summed E-state index contributed by atoms with van der Waals surface area (Å²) in [5, 5.41) is 10.3. The maximum Gasteiger partial charge on any atom is 0.303 e. The lowest BCUT2D eigenvalue weighted by Gasteiger charge is -2.11. The third-order valence-electron chi connectivity index (χ3n) is 5.57. The molecule has 0 aliphatic carbocycles. The van der Waals surface area contributed by atoms with Crippen molar-refractivity contribution in [3.63, 3.8) is 0 Å². The molecule has 2 aromatic heterocycles. The van der Waals surface area contributed by atoms with Crippen LogP contribution in [0.4, 0.5) is 4.39 Å². The number of benzene rings is 3. The number of carboxylic acid groups (broad SMARTS) is 1. The quantitative estimate of drug-likeness (QED) is 0.271. The van der Waals surface area contributed by atoms with Crippen molar-refractivity contribution in [1.82, 2.24) is 14.5 Å². The Morgan fingerprint density at radius 2 is 1.71 bits per heavy atom. The highest BCUT2D eigenvalue weighted by Crippen LogP contribution is 2.32. The van der Waals surface area contributed by atoms with Crippen molar-refractivity contribution in [1.29, 1.82) is 0 Å². The van der Waals surface area contributed by atoms with E-state index in [9.17, 15) is 14.0 Å². The number of aromatic nitrogens is 3. The minimum absolute atomic E-state index is 0.115. The summed E-state index contributed by atoms with van der Waals surface area (Å²) in [6.45, 7) is 0. The minimum atomic E-state index is -1.03. The van der Waals surface area contributed by atoms with Crippen LogP contribution >= 0.6 is 15.9 Å². The highest BCUT2D eigenvalue weighted by Gasteiger charge is 2.20. The Hall–Kier alpha value is -3.91. The molecule has 0 radical (unpaired) electrons. The van der Waals surface area contributed by atoms with Crippen LogP contribution in [0.15, 0.2) is 77.4 Å². The summed E-state index contributed by atoms with van der Waals surface area (Å²) in [5.41, 5.74) is 2.46. The molecule has 5 rings (SSSR count). The van der Waals surface area contributed by atoms with Crippen LogP contribution < -0.4 is 0 Å². The van der Waals surface area contributed by atoms with Crippen LogP contribution in [0.1, 0.15) is 23.2 Å². The van der Waals surface area contributed by atoms with Crippen LogP contribution in [0, 0.1) is 5.82 Å². The Labute approximate surface area is 201 Å². The SMILES string of the molecule is O=C(O)CCC(=O)c1cn(-c2nc(-c3ccccc3F)c3cc(Br)ccc3n2)c2ccccc12. The topological polar surface area (TPSA) is 85.1 Å². The number of ketones is 1. The van der Waals surface area contributed by atoms with Gasteiger partial charge in [0.2, 0.25) is 5.95 Å². The summed E-state index contributed by atoms with van der Waals surface area (Å²) in [6, 6.07) is 19.2. The first-order valence-corrected chi connectivity index (χ1v) is 11.3. The van der Waals surface area contributed by atoms with Gasteiger partial charge in [0.25, 0.3) is 0 Å². The normalized spacial score (nSPS) is 11.2. The summed E-state index contributed by atoms with van der Waals surface area (Å²) in [6.07, 6.45) is 1.26. The molecule has 0 fully saturated rings. The lowest BCUT2D eigenvalue weighted by Crippen LogP contribution is -2.04. The number of carbonyl (C=O) groups excluding carboxylic acids is 1. The zero-order valence-corrected chi connectivity index (χ0v) is 19.3. The zero-order chi connectivity index (χ0) is 23.8. The van der Waals surface area contributed by atoms with Crippen molar-refractivity contribution in [2.75, 3.05) is 0 Å². The average molecular weight is 518 g/mol. The monoisotopic (exact) mass is 517 g/mol. The zero-order valence-electron chi connectivity index (χ0n) is 17.7. The van der Waals surface area contributed by atoms with Gasteiger partial charge in [-0.1, -0.05) is 46.3 Å². The van der Waals surface area contributed by atoms with Crippen molar-refractivity contribution in [2.45, 2.75) is 12.8 Å². The molecular weight excluding hydrogens is 501 g/mol. The van der Waals surface area contributed by atoms with Gasteiger partial charge in [0, 0.05) is 39.0 Å². The van der Waals surface area contributed by atoms with E-state index in [0.717, 1.165) is 4.47 Å². The molecule has 2 heterocycles. The van der Waals surface area contributed by atoms with E-state index in [1.165, 1.54) is 6.07 Å². The third-order valence-corrected chi connectivity index (χ3v) is 6.06. The summed E-state index contributed by atoms with van der Waals surface area (Å²) in [5.74, 6) is -1.44. The molecule has 5 aromatic rings. The molecule has 0 amide bonds. The predicted molar refractivity (Wildman–Crippen MR) is 131 cm³/mol. The van der Waals surface area contributed by atoms with Gasteiger partial charge in [-0.3, -0.25) is 14.2 Å². The Morgan fingerprint density at radius 3 is 2.50 bits per heavy atom. The number of nitrogens with zero attached hydrogens (tertiary/aromatic N) is 3. The molecule has 0 aliphatic heterocycles. The van der Waals surface area contributed by atoms with Crippen LogP contribution in [-0.4, -0.2) is 31.4 Å². The second-order valence-electron chi connectivity index (χ2n) is 7.76. The molecule has 0 atom stereocenters. The summed E-state index contributed by atoms with van der Waals surface area (Å²) < 4.78 is 17.3. The van der Waals surface area contributed by atoms with Crippen LogP contribution in [0.25, 0.3) is 39.0 Å². The Morgan fingerprint density at radius 1 is 0.941 bits per heavy atom. The van der Waals surface area contributed by atoms with Crippen LogP contribution in [0.3, 0.4) is 0 Å². The predicted octanol–water partition coefficient (Wildman–Crippen LogP) is 6.19. The largest absolute Gasteiger partial charge is 0.481 e. The lowest BCUT2D eigenvalue weighted by atomic mass is 10.1. The first-order valence-electron chi connectivity index (χ1n) is 10.5. The van der Waals surface area contributed by atoms with Crippen molar-refractivity contribution < 1.29 is 19.1 Å². The first kappa shape index (κ1) is 21.9. The maximum absolute atomic E-state index is 14.8. The van der Waals surface area contributed by atoms with Crippen LogP contribution in [0.5, 0.6) is 0 Å². The van der Waals surface area contributed by atoms with Gasteiger partial charge >= 0.3 is 5.97 Å². The maximum atomic E-state index is 14.8. The molecule has 0 spiro atoms.